The molecule has 0 spiro atoms. The van der Waals surface area contributed by atoms with Gasteiger partial charge in [0.25, 0.3) is 0 Å². The first-order valence-corrected chi connectivity index (χ1v) is 4.11. The lowest BCUT2D eigenvalue weighted by Crippen LogP contribution is -2.10. The SMILES string of the molecule is O=C(O)C1=CN=CSC=C1C(=O)O. The van der Waals surface area contributed by atoms with E-state index in [0.29, 0.717) is 0 Å². The molecule has 1 rings (SSSR count). The molecular formula is C7H5NO4S. The van der Waals surface area contributed by atoms with Crippen LogP contribution >= 0.6 is 11.8 Å². The van der Waals surface area contributed by atoms with Gasteiger partial charge in [0.2, 0.25) is 0 Å². The van der Waals surface area contributed by atoms with Crippen LogP contribution < -0.4 is 0 Å². The summed E-state index contributed by atoms with van der Waals surface area (Å²) >= 11 is 1.02. The number of hydrogen-bond donors (Lipinski definition) is 2. The second-order valence-corrected chi connectivity index (χ2v) is 2.79. The molecule has 68 valence electrons. The van der Waals surface area contributed by atoms with Crippen LogP contribution in [0.25, 0.3) is 0 Å². The van der Waals surface area contributed by atoms with Crippen LogP contribution in [0.15, 0.2) is 27.7 Å². The smallest absolute Gasteiger partial charge is 0.338 e. The molecule has 0 atom stereocenters. The van der Waals surface area contributed by atoms with E-state index >= 15 is 0 Å². The standard InChI is InChI=1S/C7H5NO4S/c9-6(10)4-1-8-3-13-2-5(4)7(11)12/h1-3H,(H,9,10)(H,11,12). The Balaban J connectivity index is 3.11. The third-order valence-corrected chi connectivity index (χ3v) is 1.88. The fourth-order valence-corrected chi connectivity index (χ4v) is 1.26. The van der Waals surface area contributed by atoms with Crippen molar-refractivity contribution in [3.63, 3.8) is 0 Å². The predicted molar refractivity (Wildman–Crippen MR) is 47.5 cm³/mol. The summed E-state index contributed by atoms with van der Waals surface area (Å²) in [7, 11) is 0. The van der Waals surface area contributed by atoms with Gasteiger partial charge in [-0.2, -0.15) is 0 Å². The molecule has 1 aliphatic heterocycles. The van der Waals surface area contributed by atoms with Gasteiger partial charge in [-0.1, -0.05) is 11.8 Å². The molecule has 0 amide bonds. The summed E-state index contributed by atoms with van der Waals surface area (Å²) in [6, 6.07) is 0. The van der Waals surface area contributed by atoms with Crippen LogP contribution in [0.3, 0.4) is 0 Å². The van der Waals surface area contributed by atoms with Gasteiger partial charge in [-0.05, 0) is 5.41 Å². The summed E-state index contributed by atoms with van der Waals surface area (Å²) in [4.78, 5) is 24.7. The van der Waals surface area contributed by atoms with Gasteiger partial charge in [0, 0.05) is 6.20 Å². The van der Waals surface area contributed by atoms with Crippen molar-refractivity contribution in [3.05, 3.63) is 22.8 Å². The summed E-state index contributed by atoms with van der Waals surface area (Å²) in [5.74, 6) is -2.57. The minimum atomic E-state index is -1.30. The second kappa shape index (κ2) is 3.90. The zero-order valence-corrected chi connectivity index (χ0v) is 7.11. The van der Waals surface area contributed by atoms with Crippen molar-refractivity contribution in [1.29, 1.82) is 0 Å². The Morgan fingerprint density at radius 2 is 1.85 bits per heavy atom. The van der Waals surface area contributed by atoms with Gasteiger partial charge in [0.15, 0.2) is 0 Å². The molecule has 1 heterocycles. The topological polar surface area (TPSA) is 87.0 Å². The molecular weight excluding hydrogens is 194 g/mol. The molecule has 0 saturated heterocycles. The van der Waals surface area contributed by atoms with Crippen molar-refractivity contribution in [2.45, 2.75) is 0 Å². The number of carbonyl (C=O) groups is 2. The predicted octanol–water partition coefficient (Wildman–Crippen LogP) is 0.699. The number of hydrogen-bond acceptors (Lipinski definition) is 4. The fraction of sp³-hybridized carbons (Fsp3) is 0. The molecule has 1 aliphatic rings. The van der Waals surface area contributed by atoms with E-state index in [1.807, 2.05) is 0 Å². The van der Waals surface area contributed by atoms with E-state index < -0.39 is 11.9 Å². The monoisotopic (exact) mass is 199 g/mol. The Labute approximate surface area is 77.5 Å². The number of carboxylic acid groups (broad SMARTS) is 2. The molecule has 0 aliphatic carbocycles. The van der Waals surface area contributed by atoms with Crippen molar-refractivity contribution in [1.82, 2.24) is 0 Å². The lowest BCUT2D eigenvalue weighted by Gasteiger charge is -1.99. The Morgan fingerprint density at radius 3 is 2.38 bits per heavy atom. The molecule has 0 bridgehead atoms. The minimum absolute atomic E-state index is 0.255. The summed E-state index contributed by atoms with van der Waals surface area (Å²) in [6.45, 7) is 0. The second-order valence-electron chi connectivity index (χ2n) is 2.08. The zero-order chi connectivity index (χ0) is 9.84. The molecule has 0 unspecified atom stereocenters. The molecule has 6 heteroatoms. The molecule has 0 aromatic carbocycles. The van der Waals surface area contributed by atoms with Crippen LogP contribution in [-0.4, -0.2) is 27.7 Å². The molecule has 0 aromatic rings. The van der Waals surface area contributed by atoms with E-state index in [4.69, 9.17) is 10.2 Å². The van der Waals surface area contributed by atoms with Crippen molar-refractivity contribution < 1.29 is 19.8 Å². The van der Waals surface area contributed by atoms with Gasteiger partial charge in [-0.3, -0.25) is 4.99 Å². The molecule has 5 nitrogen and oxygen atoms in total. The average Bonchev–Trinajstić information content (AvgIpc) is 2.27. The maximum Gasteiger partial charge on any atom is 0.338 e. The Kier molecular flexibility index (Phi) is 2.86. The fourth-order valence-electron chi connectivity index (χ4n) is 0.708. The first-order chi connectivity index (χ1) is 6.13. The number of thioether (sulfide) groups is 1. The van der Waals surface area contributed by atoms with E-state index in [-0.39, 0.29) is 11.1 Å². The largest absolute Gasteiger partial charge is 0.478 e. The summed E-state index contributed by atoms with van der Waals surface area (Å²) in [5, 5.41) is 18.5. The third kappa shape index (κ3) is 2.19. The quantitative estimate of drug-likeness (QED) is 0.683. The van der Waals surface area contributed by atoms with Crippen molar-refractivity contribution in [2.24, 2.45) is 4.99 Å². The number of aliphatic imine (C=N–C) groups is 1. The van der Waals surface area contributed by atoms with Crippen LogP contribution in [0.2, 0.25) is 0 Å². The molecule has 2 N–H and O–H groups in total. The molecule has 0 radical (unpaired) electrons. The summed E-state index contributed by atoms with van der Waals surface area (Å²) in [5.41, 5.74) is 0.794. The lowest BCUT2D eigenvalue weighted by molar-refractivity contribution is -0.136. The number of rotatable bonds is 2. The summed E-state index contributed by atoms with van der Waals surface area (Å²) < 4.78 is 0. The van der Waals surface area contributed by atoms with Crippen molar-refractivity contribution >= 4 is 29.2 Å². The number of aliphatic carboxylic acids is 2. The third-order valence-electron chi connectivity index (χ3n) is 1.26. The van der Waals surface area contributed by atoms with Gasteiger partial charge in [0.1, 0.15) is 0 Å². The van der Waals surface area contributed by atoms with Gasteiger partial charge in [-0.15, -0.1) is 0 Å². The van der Waals surface area contributed by atoms with Crippen molar-refractivity contribution in [3.8, 4) is 0 Å². The highest BCUT2D eigenvalue weighted by Gasteiger charge is 2.20. The first kappa shape index (κ1) is 9.53. The van der Waals surface area contributed by atoms with Gasteiger partial charge in [-0.25, -0.2) is 9.59 Å². The molecule has 0 fully saturated rings. The highest BCUT2D eigenvalue weighted by Crippen LogP contribution is 2.18. The molecule has 13 heavy (non-hydrogen) atoms. The van der Waals surface area contributed by atoms with Crippen LogP contribution in [0.4, 0.5) is 0 Å². The van der Waals surface area contributed by atoms with Gasteiger partial charge in [0.05, 0.1) is 16.7 Å². The average molecular weight is 199 g/mol. The Hall–Kier alpha value is -1.56. The summed E-state index contributed by atoms with van der Waals surface area (Å²) in [6.07, 6.45) is 1.02. The Morgan fingerprint density at radius 1 is 1.23 bits per heavy atom. The van der Waals surface area contributed by atoms with Gasteiger partial charge < -0.3 is 10.2 Å². The van der Waals surface area contributed by atoms with Crippen LogP contribution in [0.1, 0.15) is 0 Å². The number of carboxylic acids is 2. The normalized spacial score (nSPS) is 15.7. The zero-order valence-electron chi connectivity index (χ0n) is 6.30. The number of nitrogens with zero attached hydrogens (tertiary/aromatic N) is 1. The van der Waals surface area contributed by atoms with E-state index in [2.05, 4.69) is 4.99 Å². The van der Waals surface area contributed by atoms with Crippen LogP contribution in [0, 0.1) is 0 Å². The lowest BCUT2D eigenvalue weighted by atomic mass is 10.1. The first-order valence-electron chi connectivity index (χ1n) is 3.17. The van der Waals surface area contributed by atoms with Crippen LogP contribution in [0.5, 0.6) is 0 Å². The van der Waals surface area contributed by atoms with Crippen LogP contribution in [-0.2, 0) is 9.59 Å². The minimum Gasteiger partial charge on any atom is -0.478 e. The van der Waals surface area contributed by atoms with E-state index in [0.717, 1.165) is 18.0 Å². The Bertz CT molecular complexity index is 342. The van der Waals surface area contributed by atoms with E-state index in [1.165, 1.54) is 11.0 Å². The van der Waals surface area contributed by atoms with E-state index in [1.54, 1.807) is 0 Å². The van der Waals surface area contributed by atoms with Crippen molar-refractivity contribution in [2.75, 3.05) is 0 Å². The maximum absolute atomic E-state index is 10.6. The molecule has 0 aromatic heterocycles. The maximum atomic E-state index is 10.6. The highest BCUT2D eigenvalue weighted by atomic mass is 32.2. The highest BCUT2D eigenvalue weighted by molar-refractivity contribution is 8.14. The molecule has 0 saturated carbocycles. The van der Waals surface area contributed by atoms with E-state index in [9.17, 15) is 9.59 Å². The van der Waals surface area contributed by atoms with Gasteiger partial charge >= 0.3 is 11.9 Å².